The average Bonchev–Trinajstić information content (AvgIpc) is 3.05. The van der Waals surface area contributed by atoms with Crippen molar-refractivity contribution in [2.75, 3.05) is 0 Å². The smallest absolute Gasteiger partial charge is 0.0809 e. The van der Waals surface area contributed by atoms with Crippen molar-refractivity contribution in [2.45, 2.75) is 96.4 Å². The van der Waals surface area contributed by atoms with Crippen LogP contribution in [0.5, 0.6) is 0 Å². The number of aliphatic hydroxyl groups is 3. The van der Waals surface area contributed by atoms with Gasteiger partial charge in [-0.25, -0.2) is 0 Å². The summed E-state index contributed by atoms with van der Waals surface area (Å²) in [6.45, 7) is 8.09. The SMILES string of the molecule is C=C1[C@H](O)CC(=C/C=C2\CCC[C@]3(C)[C@@H]([C@H](C=N)CCCC(C)O)CC[C@@H]23)C[C@H]1O. The van der Waals surface area contributed by atoms with Crippen LogP contribution in [0.15, 0.2) is 35.5 Å². The molecule has 3 aliphatic carbocycles. The molecule has 7 atom stereocenters. The summed E-state index contributed by atoms with van der Waals surface area (Å²) in [6.07, 6.45) is 14.5. The molecule has 0 aromatic heterocycles. The molecule has 0 radical (unpaired) electrons. The minimum atomic E-state index is -0.638. The van der Waals surface area contributed by atoms with Crippen LogP contribution < -0.4 is 0 Å². The maximum Gasteiger partial charge on any atom is 0.0809 e. The van der Waals surface area contributed by atoms with Gasteiger partial charge in [-0.05, 0) is 99.7 Å². The Bertz CT molecular complexity index is 678. The van der Waals surface area contributed by atoms with Crippen LogP contribution in [0.2, 0.25) is 0 Å². The lowest BCUT2D eigenvalue weighted by molar-refractivity contribution is 0.107. The van der Waals surface area contributed by atoms with Gasteiger partial charge in [-0.1, -0.05) is 43.2 Å². The number of hydrogen-bond acceptors (Lipinski definition) is 4. The Kier molecular flexibility index (Phi) is 7.76. The normalized spacial score (nSPS) is 37.7. The lowest BCUT2D eigenvalue weighted by atomic mass is 9.60. The molecule has 4 nitrogen and oxygen atoms in total. The molecule has 0 saturated heterocycles. The Morgan fingerprint density at radius 1 is 1.17 bits per heavy atom. The molecule has 0 aromatic carbocycles. The van der Waals surface area contributed by atoms with E-state index in [0.29, 0.717) is 36.2 Å². The highest BCUT2D eigenvalue weighted by molar-refractivity contribution is 5.57. The van der Waals surface area contributed by atoms with E-state index in [4.69, 9.17) is 5.41 Å². The molecule has 0 aliphatic heterocycles. The zero-order valence-corrected chi connectivity index (χ0v) is 18.8. The molecule has 3 fully saturated rings. The van der Waals surface area contributed by atoms with E-state index in [0.717, 1.165) is 31.3 Å². The first kappa shape index (κ1) is 23.4. The highest BCUT2D eigenvalue weighted by Gasteiger charge is 2.51. The maximum atomic E-state index is 10.1. The first-order chi connectivity index (χ1) is 14.3. The Hall–Kier alpha value is -1.23. The van der Waals surface area contributed by atoms with Gasteiger partial charge in [-0.2, -0.15) is 0 Å². The van der Waals surface area contributed by atoms with Gasteiger partial charge in [0.2, 0.25) is 0 Å². The first-order valence-electron chi connectivity index (χ1n) is 11.9. The molecule has 4 N–H and O–H groups in total. The number of hydrogen-bond donors (Lipinski definition) is 4. The van der Waals surface area contributed by atoms with Gasteiger partial charge in [0, 0.05) is 0 Å². The van der Waals surface area contributed by atoms with Gasteiger partial charge in [0.25, 0.3) is 0 Å². The fourth-order valence-corrected chi connectivity index (χ4v) is 6.46. The molecular formula is C26H41NO3. The van der Waals surface area contributed by atoms with E-state index < -0.39 is 12.2 Å². The van der Waals surface area contributed by atoms with Gasteiger partial charge in [-0.3, -0.25) is 0 Å². The van der Waals surface area contributed by atoms with Gasteiger partial charge in [-0.15, -0.1) is 0 Å². The number of nitrogens with one attached hydrogen (secondary N) is 1. The van der Waals surface area contributed by atoms with Crippen LogP contribution in [0.1, 0.15) is 78.1 Å². The summed E-state index contributed by atoms with van der Waals surface area (Å²) >= 11 is 0. The third-order valence-electron chi connectivity index (χ3n) is 8.23. The van der Waals surface area contributed by atoms with Crippen LogP contribution in [-0.2, 0) is 0 Å². The van der Waals surface area contributed by atoms with E-state index in [1.807, 2.05) is 6.92 Å². The van der Waals surface area contributed by atoms with Crippen molar-refractivity contribution >= 4 is 6.21 Å². The second kappa shape index (κ2) is 9.93. The minimum Gasteiger partial charge on any atom is -0.393 e. The quantitative estimate of drug-likeness (QED) is 0.351. The van der Waals surface area contributed by atoms with Crippen LogP contribution >= 0.6 is 0 Å². The molecule has 3 rings (SSSR count). The Labute approximate surface area is 182 Å². The number of fused-ring (bicyclic) bond motifs is 1. The molecule has 30 heavy (non-hydrogen) atoms. The maximum absolute atomic E-state index is 10.1. The van der Waals surface area contributed by atoms with Crippen molar-refractivity contribution in [1.82, 2.24) is 0 Å². The molecule has 0 heterocycles. The summed E-state index contributed by atoms with van der Waals surface area (Å²) in [7, 11) is 0. The summed E-state index contributed by atoms with van der Waals surface area (Å²) in [5, 5.41) is 37.9. The molecule has 1 unspecified atom stereocenters. The number of allylic oxidation sites excluding steroid dienone is 3. The highest BCUT2D eigenvalue weighted by atomic mass is 16.3. The molecule has 4 heteroatoms. The van der Waals surface area contributed by atoms with Crippen molar-refractivity contribution in [3.8, 4) is 0 Å². The van der Waals surface area contributed by atoms with Crippen LogP contribution in [0.25, 0.3) is 0 Å². The van der Waals surface area contributed by atoms with Crippen LogP contribution in [0, 0.1) is 28.6 Å². The predicted octanol–water partition coefficient (Wildman–Crippen LogP) is 4.94. The highest BCUT2D eigenvalue weighted by Crippen LogP contribution is 2.59. The van der Waals surface area contributed by atoms with Crippen molar-refractivity contribution < 1.29 is 15.3 Å². The van der Waals surface area contributed by atoms with E-state index in [1.54, 1.807) is 6.21 Å². The van der Waals surface area contributed by atoms with Gasteiger partial charge >= 0.3 is 0 Å². The molecule has 0 amide bonds. The van der Waals surface area contributed by atoms with Gasteiger partial charge in [0.15, 0.2) is 0 Å². The van der Waals surface area contributed by atoms with Crippen LogP contribution in [0.4, 0.5) is 0 Å². The van der Waals surface area contributed by atoms with E-state index in [9.17, 15) is 15.3 Å². The number of rotatable bonds is 7. The summed E-state index contributed by atoms with van der Waals surface area (Å²) < 4.78 is 0. The Morgan fingerprint density at radius 2 is 1.87 bits per heavy atom. The third kappa shape index (κ3) is 4.98. The summed E-state index contributed by atoms with van der Waals surface area (Å²) in [5.41, 5.74) is 3.40. The van der Waals surface area contributed by atoms with Gasteiger partial charge in [0.1, 0.15) is 0 Å². The van der Waals surface area contributed by atoms with E-state index in [2.05, 4.69) is 25.7 Å². The molecule has 3 aliphatic rings. The third-order valence-corrected chi connectivity index (χ3v) is 8.23. The average molecular weight is 416 g/mol. The Balaban J connectivity index is 1.72. The molecule has 3 saturated carbocycles. The van der Waals surface area contributed by atoms with E-state index >= 15 is 0 Å². The zero-order valence-electron chi connectivity index (χ0n) is 18.8. The summed E-state index contributed by atoms with van der Waals surface area (Å²) in [6, 6.07) is 0. The standard InChI is InChI=1S/C26H41NO3/c1-17(28)6-4-7-21(16-27)23-12-11-22-20(8-5-13-26(22,23)3)10-9-19-14-24(29)18(2)25(30)15-19/h9-10,16-17,21-25,27-30H,2,4-8,11-15H2,1,3H3/b20-10+,27-16?/t17?,21-,22-,23+,24+,25+,26-/m0/s1. The molecule has 0 spiro atoms. The fraction of sp³-hybridized carbons (Fsp3) is 0.731. The molecule has 0 bridgehead atoms. The summed E-state index contributed by atoms with van der Waals surface area (Å²) in [5.74, 6) is 1.43. The zero-order chi connectivity index (χ0) is 21.9. The van der Waals surface area contributed by atoms with Crippen molar-refractivity contribution in [3.05, 3.63) is 35.5 Å². The topological polar surface area (TPSA) is 84.5 Å². The molecular weight excluding hydrogens is 374 g/mol. The monoisotopic (exact) mass is 415 g/mol. The van der Waals surface area contributed by atoms with Crippen molar-refractivity contribution in [1.29, 1.82) is 5.41 Å². The Morgan fingerprint density at radius 3 is 2.50 bits per heavy atom. The van der Waals surface area contributed by atoms with Crippen LogP contribution in [-0.4, -0.2) is 39.8 Å². The molecule has 168 valence electrons. The van der Waals surface area contributed by atoms with Crippen molar-refractivity contribution in [3.63, 3.8) is 0 Å². The molecule has 0 aromatic rings. The second-order valence-corrected chi connectivity index (χ2v) is 10.3. The summed E-state index contributed by atoms with van der Waals surface area (Å²) in [4.78, 5) is 0. The fourth-order valence-electron chi connectivity index (χ4n) is 6.46. The van der Waals surface area contributed by atoms with Gasteiger partial charge in [0.05, 0.1) is 18.3 Å². The lowest BCUT2D eigenvalue weighted by Crippen LogP contribution is -2.37. The van der Waals surface area contributed by atoms with Gasteiger partial charge < -0.3 is 20.7 Å². The largest absolute Gasteiger partial charge is 0.393 e. The lowest BCUT2D eigenvalue weighted by Gasteiger charge is -2.44. The van der Waals surface area contributed by atoms with Crippen molar-refractivity contribution in [2.24, 2.45) is 23.2 Å². The number of aliphatic hydroxyl groups excluding tert-OH is 3. The first-order valence-corrected chi connectivity index (χ1v) is 11.9. The predicted molar refractivity (Wildman–Crippen MR) is 123 cm³/mol. The van der Waals surface area contributed by atoms with E-state index in [1.165, 1.54) is 31.3 Å². The van der Waals surface area contributed by atoms with Crippen LogP contribution in [0.3, 0.4) is 0 Å². The minimum absolute atomic E-state index is 0.246. The van der Waals surface area contributed by atoms with E-state index in [-0.39, 0.29) is 11.5 Å². The second-order valence-electron chi connectivity index (χ2n) is 10.3.